The number of amides is 1. The number of carbonyl (C=O) groups is 2. The molecule has 0 spiro atoms. The molecule has 0 aromatic heterocycles. The Morgan fingerprint density at radius 3 is 2.29 bits per heavy atom. The van der Waals surface area contributed by atoms with Gasteiger partial charge >= 0.3 is 0 Å². The summed E-state index contributed by atoms with van der Waals surface area (Å²) in [6.45, 7) is 4.37. The van der Waals surface area contributed by atoms with E-state index in [1.54, 1.807) is 24.3 Å². The molecule has 1 unspecified atom stereocenters. The Hall–Kier alpha value is -3.64. The van der Waals surface area contributed by atoms with Crippen LogP contribution < -0.4 is 9.64 Å². The van der Waals surface area contributed by atoms with Crippen LogP contribution in [0, 0.1) is 5.82 Å². The van der Waals surface area contributed by atoms with Gasteiger partial charge in [-0.2, -0.15) is 0 Å². The lowest BCUT2D eigenvalue weighted by Crippen LogP contribution is -2.29. The van der Waals surface area contributed by atoms with Crippen LogP contribution in [0.3, 0.4) is 0 Å². The van der Waals surface area contributed by atoms with Gasteiger partial charge in [0.1, 0.15) is 17.3 Å². The van der Waals surface area contributed by atoms with Gasteiger partial charge in [0.05, 0.1) is 23.2 Å². The second kappa shape index (κ2) is 9.69. The molecular weight excluding hydrogens is 457 g/mol. The van der Waals surface area contributed by atoms with Gasteiger partial charge in [0.15, 0.2) is 0 Å². The number of ether oxygens (including phenoxy) is 1. The van der Waals surface area contributed by atoms with Gasteiger partial charge in [-0.15, -0.1) is 0 Å². The fraction of sp³-hybridized carbons (Fsp3) is 0.185. The number of hydrogen-bond donors (Lipinski definition) is 1. The molecule has 4 rings (SSSR count). The van der Waals surface area contributed by atoms with E-state index in [4.69, 9.17) is 16.3 Å². The molecule has 1 N–H and O–H groups in total. The van der Waals surface area contributed by atoms with Crippen LogP contribution in [-0.4, -0.2) is 23.4 Å². The molecule has 34 heavy (non-hydrogen) atoms. The molecule has 3 aromatic carbocycles. The third-order valence-corrected chi connectivity index (χ3v) is 6.06. The average molecular weight is 480 g/mol. The number of aliphatic hydroxyl groups excluding tert-OH is 1. The average Bonchev–Trinajstić information content (AvgIpc) is 3.11. The zero-order valence-electron chi connectivity index (χ0n) is 18.7. The van der Waals surface area contributed by atoms with Gasteiger partial charge in [-0.05, 0) is 66.9 Å². The number of ketones is 1. The highest BCUT2D eigenvalue weighted by atomic mass is 35.5. The van der Waals surface area contributed by atoms with Crippen LogP contribution >= 0.6 is 11.6 Å². The smallest absolute Gasteiger partial charge is 0.300 e. The van der Waals surface area contributed by atoms with Gasteiger partial charge in [-0.1, -0.05) is 42.8 Å². The third kappa shape index (κ3) is 4.29. The van der Waals surface area contributed by atoms with E-state index in [-0.39, 0.29) is 22.0 Å². The normalized spacial score (nSPS) is 17.3. The Bertz CT molecular complexity index is 1270. The van der Waals surface area contributed by atoms with Crippen LogP contribution in [0.1, 0.15) is 36.6 Å². The SMILES string of the molecule is CCOc1ccc(/C(O)=C2\C(=O)C(=O)N(c3ccc(F)c(Cl)c3)C2c2ccc(CC)cc2)cc1. The molecule has 7 heteroatoms. The molecule has 174 valence electrons. The fourth-order valence-electron chi connectivity index (χ4n) is 4.02. The van der Waals surface area contributed by atoms with Gasteiger partial charge < -0.3 is 9.84 Å². The number of aliphatic hydroxyl groups is 1. The maximum absolute atomic E-state index is 13.8. The summed E-state index contributed by atoms with van der Waals surface area (Å²) in [5, 5.41) is 11.0. The van der Waals surface area contributed by atoms with Crippen molar-refractivity contribution >= 4 is 34.7 Å². The van der Waals surface area contributed by atoms with Crippen molar-refractivity contribution in [1.29, 1.82) is 0 Å². The van der Waals surface area contributed by atoms with Gasteiger partial charge in [0.2, 0.25) is 0 Å². The highest BCUT2D eigenvalue weighted by molar-refractivity contribution is 6.51. The van der Waals surface area contributed by atoms with Crippen molar-refractivity contribution in [3.05, 3.63) is 99.8 Å². The highest BCUT2D eigenvalue weighted by Crippen LogP contribution is 2.43. The first-order chi connectivity index (χ1) is 16.3. The lowest BCUT2D eigenvalue weighted by molar-refractivity contribution is -0.132. The van der Waals surface area contributed by atoms with E-state index in [0.29, 0.717) is 23.5 Å². The molecule has 1 atom stereocenters. The van der Waals surface area contributed by atoms with Crippen molar-refractivity contribution < 1.29 is 23.8 Å². The minimum Gasteiger partial charge on any atom is -0.507 e. The van der Waals surface area contributed by atoms with Crippen LogP contribution in [0.2, 0.25) is 5.02 Å². The first-order valence-corrected chi connectivity index (χ1v) is 11.3. The number of nitrogens with zero attached hydrogens (tertiary/aromatic N) is 1. The lowest BCUT2D eigenvalue weighted by atomic mass is 9.94. The van der Waals surface area contributed by atoms with Crippen LogP contribution in [0.15, 0.2) is 72.3 Å². The standard InChI is InChI=1S/C27H23ClFNO4/c1-3-16-5-7-17(8-6-16)24-23(25(31)18-9-12-20(13-10-18)34-4-2)26(32)27(33)30(24)19-11-14-22(29)21(28)15-19/h5-15,24,31H,3-4H2,1-2H3/b25-23+. The predicted molar refractivity (Wildman–Crippen MR) is 130 cm³/mol. The zero-order chi connectivity index (χ0) is 24.4. The summed E-state index contributed by atoms with van der Waals surface area (Å²) >= 11 is 5.97. The summed E-state index contributed by atoms with van der Waals surface area (Å²) in [5.41, 5.74) is 2.28. The fourth-order valence-corrected chi connectivity index (χ4v) is 4.19. The highest BCUT2D eigenvalue weighted by Gasteiger charge is 2.47. The summed E-state index contributed by atoms with van der Waals surface area (Å²) < 4.78 is 19.3. The Kier molecular flexibility index (Phi) is 6.70. The van der Waals surface area contributed by atoms with Gasteiger partial charge in [0.25, 0.3) is 11.7 Å². The lowest BCUT2D eigenvalue weighted by Gasteiger charge is -2.26. The second-order valence-corrected chi connectivity index (χ2v) is 8.23. The van der Waals surface area contributed by atoms with Gasteiger partial charge in [-0.25, -0.2) is 4.39 Å². The molecule has 0 aliphatic carbocycles. The Balaban J connectivity index is 1.89. The Morgan fingerprint density at radius 1 is 1.03 bits per heavy atom. The van der Waals surface area contributed by atoms with Gasteiger partial charge in [-0.3, -0.25) is 14.5 Å². The molecule has 1 amide bonds. The number of Topliss-reactive ketones (excluding diaryl/α,β-unsaturated/α-hetero) is 1. The Labute approximate surface area is 202 Å². The van der Waals surface area contributed by atoms with E-state index in [1.807, 2.05) is 38.1 Å². The number of hydrogen-bond acceptors (Lipinski definition) is 4. The monoisotopic (exact) mass is 479 g/mol. The maximum atomic E-state index is 13.8. The van der Waals surface area contributed by atoms with E-state index in [2.05, 4.69) is 0 Å². The third-order valence-electron chi connectivity index (χ3n) is 5.77. The van der Waals surface area contributed by atoms with E-state index in [0.717, 1.165) is 18.1 Å². The molecule has 1 heterocycles. The van der Waals surface area contributed by atoms with E-state index >= 15 is 0 Å². The van der Waals surface area contributed by atoms with Gasteiger partial charge in [0, 0.05) is 11.3 Å². The maximum Gasteiger partial charge on any atom is 0.300 e. The van der Waals surface area contributed by atoms with Crippen molar-refractivity contribution in [2.75, 3.05) is 11.5 Å². The number of benzene rings is 3. The summed E-state index contributed by atoms with van der Waals surface area (Å²) in [6.07, 6.45) is 0.820. The van der Waals surface area contributed by atoms with E-state index in [9.17, 15) is 19.1 Å². The molecule has 1 aliphatic heterocycles. The largest absolute Gasteiger partial charge is 0.507 e. The summed E-state index contributed by atoms with van der Waals surface area (Å²) in [4.78, 5) is 27.6. The molecule has 0 saturated carbocycles. The molecule has 0 bridgehead atoms. The van der Waals surface area contributed by atoms with Crippen molar-refractivity contribution in [3.8, 4) is 5.75 Å². The quantitative estimate of drug-likeness (QED) is 0.265. The van der Waals surface area contributed by atoms with Crippen LogP contribution in [0.25, 0.3) is 5.76 Å². The molecular formula is C27H23ClFNO4. The number of halogens is 2. The molecule has 1 saturated heterocycles. The number of anilines is 1. The molecule has 0 radical (unpaired) electrons. The molecule has 5 nitrogen and oxygen atoms in total. The number of aryl methyl sites for hydroxylation is 1. The molecule has 1 fully saturated rings. The number of rotatable bonds is 6. The first-order valence-electron chi connectivity index (χ1n) is 10.9. The second-order valence-electron chi connectivity index (χ2n) is 7.82. The molecule has 1 aliphatic rings. The minimum atomic E-state index is -0.918. The van der Waals surface area contributed by atoms with Crippen LogP contribution in [-0.2, 0) is 16.0 Å². The Morgan fingerprint density at radius 2 is 1.71 bits per heavy atom. The number of carbonyl (C=O) groups excluding carboxylic acids is 2. The summed E-state index contributed by atoms with van der Waals surface area (Å²) in [6, 6.07) is 17.0. The first kappa shape index (κ1) is 23.5. The van der Waals surface area contributed by atoms with Crippen molar-refractivity contribution in [1.82, 2.24) is 0 Å². The summed E-state index contributed by atoms with van der Waals surface area (Å²) in [7, 11) is 0. The minimum absolute atomic E-state index is 0.0566. The van der Waals surface area contributed by atoms with E-state index in [1.165, 1.54) is 17.0 Å². The zero-order valence-corrected chi connectivity index (χ0v) is 19.5. The summed E-state index contributed by atoms with van der Waals surface area (Å²) in [5.74, 6) is -2.00. The van der Waals surface area contributed by atoms with Crippen molar-refractivity contribution in [2.45, 2.75) is 26.3 Å². The molecule has 3 aromatic rings. The van der Waals surface area contributed by atoms with Crippen LogP contribution in [0.4, 0.5) is 10.1 Å². The van der Waals surface area contributed by atoms with Crippen LogP contribution in [0.5, 0.6) is 5.75 Å². The topological polar surface area (TPSA) is 66.8 Å². The van der Waals surface area contributed by atoms with Crippen molar-refractivity contribution in [2.24, 2.45) is 0 Å². The predicted octanol–water partition coefficient (Wildman–Crippen LogP) is 6.07. The van der Waals surface area contributed by atoms with E-state index < -0.39 is 23.5 Å². The van der Waals surface area contributed by atoms with Crippen molar-refractivity contribution in [3.63, 3.8) is 0 Å².